The maximum absolute atomic E-state index is 10.6. The van der Waals surface area contributed by atoms with E-state index in [2.05, 4.69) is 5.32 Å². The molecule has 66 valence electrons. The third-order valence-electron chi connectivity index (χ3n) is 1.00. The van der Waals surface area contributed by atoms with E-state index in [0.29, 0.717) is 9.34 Å². The Balaban J connectivity index is 0. The Morgan fingerprint density at radius 3 is 2.54 bits per heavy atom. The molecule has 0 saturated heterocycles. The predicted molar refractivity (Wildman–Crippen MR) is 46.7 cm³/mol. The van der Waals surface area contributed by atoms with Gasteiger partial charge in [0.05, 0.1) is 9.34 Å². The topological polar surface area (TPSA) is 66.4 Å². The summed E-state index contributed by atoms with van der Waals surface area (Å²) in [6, 6.07) is 3.11. The summed E-state index contributed by atoms with van der Waals surface area (Å²) in [5, 5.41) is 10.8. The molecule has 0 radical (unpaired) electrons. The van der Waals surface area contributed by atoms with Crippen LogP contribution in [0.2, 0.25) is 4.34 Å². The molecule has 0 aliphatic rings. The minimum atomic E-state index is -1.51. The van der Waals surface area contributed by atoms with Crippen molar-refractivity contribution in [2.45, 2.75) is 0 Å². The van der Waals surface area contributed by atoms with Crippen LogP contribution in [0.15, 0.2) is 12.1 Å². The molecule has 0 bridgehead atoms. The van der Waals surface area contributed by atoms with Crippen molar-refractivity contribution in [2.75, 3.05) is 5.32 Å². The second-order valence-electron chi connectivity index (χ2n) is 1.86. The molecule has 2 N–H and O–H groups in total. The molecule has 7 heteroatoms. The van der Waals surface area contributed by atoms with Gasteiger partial charge < -0.3 is 11.8 Å². The number of carboxylic acids is 1. The third kappa shape index (κ3) is 3.83. The van der Waals surface area contributed by atoms with Crippen LogP contribution in [0.5, 0.6) is 0 Å². The van der Waals surface area contributed by atoms with Crippen LogP contribution in [0.3, 0.4) is 0 Å². The first-order chi connectivity index (χ1) is 5.59. The number of halogens is 1. The molecule has 1 aromatic heterocycles. The van der Waals surface area contributed by atoms with Crippen molar-refractivity contribution in [2.24, 2.45) is 0 Å². The Morgan fingerprint density at radius 2 is 2.15 bits per heavy atom. The SMILES string of the molecule is O=C(O)C(=O)Nc1ccc(Cl)s1.[H-].[Li+]. The largest absolute Gasteiger partial charge is 1.00 e. The van der Waals surface area contributed by atoms with Gasteiger partial charge in [-0.1, -0.05) is 11.6 Å². The van der Waals surface area contributed by atoms with Gasteiger partial charge in [0.2, 0.25) is 0 Å². The molecule has 0 unspecified atom stereocenters. The van der Waals surface area contributed by atoms with E-state index in [-0.39, 0.29) is 20.3 Å². The van der Waals surface area contributed by atoms with Crippen LogP contribution < -0.4 is 24.2 Å². The Morgan fingerprint density at radius 1 is 1.54 bits per heavy atom. The Kier molecular flexibility index (Phi) is 5.11. The zero-order chi connectivity index (χ0) is 9.14. The number of thiophene rings is 1. The minimum absolute atomic E-state index is 0. The van der Waals surface area contributed by atoms with Gasteiger partial charge in [0, 0.05) is 0 Å². The van der Waals surface area contributed by atoms with E-state index in [0.717, 1.165) is 11.3 Å². The summed E-state index contributed by atoms with van der Waals surface area (Å²) in [7, 11) is 0. The average molecular weight is 214 g/mol. The smallest absolute Gasteiger partial charge is 1.00 e. The van der Waals surface area contributed by atoms with Crippen molar-refractivity contribution in [3.8, 4) is 0 Å². The van der Waals surface area contributed by atoms with Gasteiger partial charge in [-0.05, 0) is 12.1 Å². The molecular weight excluding hydrogens is 209 g/mol. The second kappa shape index (κ2) is 5.30. The average Bonchev–Trinajstić information content (AvgIpc) is 2.35. The number of nitrogens with one attached hydrogen (secondary N) is 1. The van der Waals surface area contributed by atoms with E-state index in [9.17, 15) is 9.59 Å². The molecule has 0 aromatic carbocycles. The summed E-state index contributed by atoms with van der Waals surface area (Å²) < 4.78 is 0.496. The van der Waals surface area contributed by atoms with Gasteiger partial charge in [0.1, 0.15) is 0 Å². The molecule has 0 aliphatic heterocycles. The summed E-state index contributed by atoms with van der Waals surface area (Å²) in [4.78, 5) is 20.6. The number of hydrogen-bond acceptors (Lipinski definition) is 3. The molecule has 0 atom stereocenters. The molecule has 0 saturated carbocycles. The zero-order valence-electron chi connectivity index (χ0n) is 7.70. The van der Waals surface area contributed by atoms with E-state index in [1.807, 2.05) is 0 Å². The second-order valence-corrected chi connectivity index (χ2v) is 3.58. The number of amides is 1. The first-order valence-corrected chi connectivity index (χ1v) is 4.08. The maximum Gasteiger partial charge on any atom is 1.00 e. The normalized spacial score (nSPS) is 8.69. The van der Waals surface area contributed by atoms with E-state index >= 15 is 0 Å². The fourth-order valence-electron chi connectivity index (χ4n) is 0.547. The van der Waals surface area contributed by atoms with Crippen LogP contribution in [-0.4, -0.2) is 17.0 Å². The molecule has 1 rings (SSSR count). The standard InChI is InChI=1S/C6H4ClNO3S.Li.H/c7-3-1-2-4(12-3)8-5(9)6(10)11;;/h1-2H,(H,8,9)(H,10,11);;/q;+1;-1. The number of carbonyl (C=O) groups excluding carboxylic acids is 1. The molecule has 0 fully saturated rings. The van der Waals surface area contributed by atoms with Gasteiger partial charge in [0.25, 0.3) is 0 Å². The number of aliphatic carboxylic acids is 1. The van der Waals surface area contributed by atoms with Crippen molar-refractivity contribution >= 4 is 39.8 Å². The van der Waals surface area contributed by atoms with Crippen LogP contribution in [-0.2, 0) is 9.59 Å². The van der Waals surface area contributed by atoms with Crippen LogP contribution in [0.4, 0.5) is 5.00 Å². The number of anilines is 1. The number of hydrogen-bond donors (Lipinski definition) is 2. The quantitative estimate of drug-likeness (QED) is 0.443. The van der Waals surface area contributed by atoms with Crippen LogP contribution in [0.1, 0.15) is 1.43 Å². The fraction of sp³-hybridized carbons (Fsp3) is 0. The monoisotopic (exact) mass is 213 g/mol. The van der Waals surface area contributed by atoms with E-state index in [1.165, 1.54) is 6.07 Å². The number of carbonyl (C=O) groups is 2. The predicted octanol–water partition coefficient (Wildman–Crippen LogP) is -1.46. The van der Waals surface area contributed by atoms with Crippen molar-refractivity contribution in [1.29, 1.82) is 0 Å². The summed E-state index contributed by atoms with van der Waals surface area (Å²) in [5.74, 6) is -2.58. The molecule has 1 heterocycles. The van der Waals surface area contributed by atoms with E-state index < -0.39 is 11.9 Å². The van der Waals surface area contributed by atoms with Crippen LogP contribution >= 0.6 is 22.9 Å². The van der Waals surface area contributed by atoms with Gasteiger partial charge in [-0.25, -0.2) is 4.79 Å². The van der Waals surface area contributed by atoms with Crippen LogP contribution in [0.25, 0.3) is 0 Å². The summed E-state index contributed by atoms with van der Waals surface area (Å²) >= 11 is 6.65. The van der Waals surface area contributed by atoms with Crippen molar-refractivity contribution in [1.82, 2.24) is 0 Å². The van der Waals surface area contributed by atoms with Gasteiger partial charge in [0.15, 0.2) is 0 Å². The first kappa shape index (κ1) is 12.5. The summed E-state index contributed by atoms with van der Waals surface area (Å²) in [5.41, 5.74) is 0. The first-order valence-electron chi connectivity index (χ1n) is 2.89. The number of rotatable bonds is 1. The molecule has 1 aromatic rings. The maximum atomic E-state index is 10.6. The molecule has 13 heavy (non-hydrogen) atoms. The third-order valence-corrected chi connectivity index (χ3v) is 2.15. The number of carboxylic acid groups (broad SMARTS) is 1. The Labute approximate surface area is 96.6 Å². The fourth-order valence-corrected chi connectivity index (χ4v) is 1.49. The Bertz CT molecular complexity index is 333. The van der Waals surface area contributed by atoms with E-state index in [4.69, 9.17) is 16.7 Å². The van der Waals surface area contributed by atoms with Gasteiger partial charge in [-0.15, -0.1) is 11.3 Å². The zero-order valence-corrected chi connectivity index (χ0v) is 8.28. The molecule has 0 aliphatic carbocycles. The van der Waals surface area contributed by atoms with Gasteiger partial charge in [-0.2, -0.15) is 0 Å². The minimum Gasteiger partial charge on any atom is -1.00 e. The van der Waals surface area contributed by atoms with E-state index in [1.54, 1.807) is 6.07 Å². The van der Waals surface area contributed by atoms with Crippen molar-refractivity contribution in [3.05, 3.63) is 16.5 Å². The molecule has 4 nitrogen and oxygen atoms in total. The van der Waals surface area contributed by atoms with Gasteiger partial charge >= 0.3 is 30.7 Å². The van der Waals surface area contributed by atoms with Crippen LogP contribution in [0, 0.1) is 0 Å². The summed E-state index contributed by atoms with van der Waals surface area (Å²) in [6.45, 7) is 0. The molecule has 0 spiro atoms. The molecular formula is C6H5ClLiNO3S. The van der Waals surface area contributed by atoms with Crippen molar-refractivity contribution in [3.63, 3.8) is 0 Å². The van der Waals surface area contributed by atoms with Crippen molar-refractivity contribution < 1.29 is 35.0 Å². The molecule has 1 amide bonds. The Hall–Kier alpha value is -0.473. The van der Waals surface area contributed by atoms with Gasteiger partial charge in [-0.3, -0.25) is 4.79 Å². The summed E-state index contributed by atoms with van der Waals surface area (Å²) in [6.07, 6.45) is 0.